The van der Waals surface area contributed by atoms with Crippen LogP contribution in [0.2, 0.25) is 0 Å². The van der Waals surface area contributed by atoms with E-state index < -0.39 is 12.2 Å². The zero-order chi connectivity index (χ0) is 7.02. The first-order valence-corrected chi connectivity index (χ1v) is 3.16. The summed E-state index contributed by atoms with van der Waals surface area (Å²) in [6.07, 6.45) is -0.322. The zero-order valence-electron chi connectivity index (χ0n) is 5.76. The third-order valence-electron chi connectivity index (χ3n) is 2.07. The predicted molar refractivity (Wildman–Crippen MR) is 35.0 cm³/mol. The van der Waals surface area contributed by atoms with Crippen molar-refractivity contribution in [1.29, 1.82) is 0 Å². The lowest BCUT2D eigenvalue weighted by molar-refractivity contribution is 0.143. The van der Waals surface area contributed by atoms with Gasteiger partial charge in [0.05, 0.1) is 12.2 Å². The van der Waals surface area contributed by atoms with Crippen molar-refractivity contribution in [3.8, 4) is 0 Å². The molecule has 0 aliphatic heterocycles. The van der Waals surface area contributed by atoms with Gasteiger partial charge in [-0.15, -0.1) is 0 Å². The van der Waals surface area contributed by atoms with Gasteiger partial charge in [-0.25, -0.2) is 0 Å². The molecule has 1 rings (SSSR count). The summed E-state index contributed by atoms with van der Waals surface area (Å²) in [6, 6.07) is 0. The fourth-order valence-corrected chi connectivity index (χ4v) is 1.09. The van der Waals surface area contributed by atoms with Gasteiger partial charge in [0.2, 0.25) is 0 Å². The second-order valence-electron chi connectivity index (χ2n) is 2.63. The Hall–Kier alpha value is -0.340. The number of rotatable bonds is 0. The summed E-state index contributed by atoms with van der Waals surface area (Å²) in [5.74, 6) is 0. The van der Waals surface area contributed by atoms with Crippen molar-refractivity contribution in [3.05, 3.63) is 11.1 Å². The van der Waals surface area contributed by atoms with Crippen molar-refractivity contribution in [2.75, 3.05) is 0 Å². The first kappa shape index (κ1) is 6.78. The lowest BCUT2D eigenvalue weighted by atomic mass is 10.2. The van der Waals surface area contributed by atoms with E-state index >= 15 is 0 Å². The Morgan fingerprint density at radius 3 is 1.56 bits per heavy atom. The number of hydrogen-bond acceptors (Lipinski definition) is 2. The lowest BCUT2D eigenvalue weighted by Gasteiger charge is -2.00. The van der Waals surface area contributed by atoms with E-state index in [1.165, 1.54) is 0 Å². The van der Waals surface area contributed by atoms with Crippen LogP contribution >= 0.6 is 0 Å². The Labute approximate surface area is 54.8 Å². The fourth-order valence-electron chi connectivity index (χ4n) is 1.09. The Morgan fingerprint density at radius 1 is 1.11 bits per heavy atom. The van der Waals surface area contributed by atoms with Crippen LogP contribution < -0.4 is 0 Å². The molecule has 1 aliphatic carbocycles. The SMILES string of the molecule is CC1=C(C)C(O)CC1O. The molecule has 2 N–H and O–H groups in total. The second-order valence-corrected chi connectivity index (χ2v) is 2.63. The van der Waals surface area contributed by atoms with E-state index in [0.717, 1.165) is 11.1 Å². The third-order valence-corrected chi connectivity index (χ3v) is 2.07. The molecule has 2 unspecified atom stereocenters. The Kier molecular flexibility index (Phi) is 1.60. The van der Waals surface area contributed by atoms with Crippen LogP contribution in [0.15, 0.2) is 11.1 Å². The molecule has 0 aromatic carbocycles. The Morgan fingerprint density at radius 2 is 1.44 bits per heavy atom. The van der Waals surface area contributed by atoms with Crippen LogP contribution in [0.4, 0.5) is 0 Å². The quantitative estimate of drug-likeness (QED) is 0.465. The van der Waals surface area contributed by atoms with Crippen LogP contribution in [-0.4, -0.2) is 22.4 Å². The highest BCUT2D eigenvalue weighted by molar-refractivity contribution is 5.24. The molecular formula is C7H12O2. The van der Waals surface area contributed by atoms with Crippen LogP contribution in [0, 0.1) is 0 Å². The molecule has 1 aliphatic rings. The standard InChI is InChI=1S/C7H12O2/c1-4-5(2)7(9)3-6(4)8/h6-9H,3H2,1-2H3. The van der Waals surface area contributed by atoms with E-state index in [1.807, 2.05) is 13.8 Å². The monoisotopic (exact) mass is 128 g/mol. The molecule has 0 aromatic rings. The van der Waals surface area contributed by atoms with Crippen molar-refractivity contribution in [1.82, 2.24) is 0 Å². The second kappa shape index (κ2) is 2.12. The Bertz CT molecular complexity index is 133. The first-order valence-electron chi connectivity index (χ1n) is 3.16. The molecule has 9 heavy (non-hydrogen) atoms. The minimum atomic E-state index is -0.403. The highest BCUT2D eigenvalue weighted by Gasteiger charge is 2.24. The molecule has 0 aromatic heterocycles. The summed E-state index contributed by atoms with van der Waals surface area (Å²) in [4.78, 5) is 0. The van der Waals surface area contributed by atoms with E-state index in [9.17, 15) is 0 Å². The van der Waals surface area contributed by atoms with Crippen LogP contribution in [0.3, 0.4) is 0 Å². The highest BCUT2D eigenvalue weighted by atomic mass is 16.3. The largest absolute Gasteiger partial charge is 0.389 e. The van der Waals surface area contributed by atoms with Gasteiger partial charge < -0.3 is 10.2 Å². The molecule has 0 fully saturated rings. The maximum atomic E-state index is 9.12. The maximum Gasteiger partial charge on any atom is 0.0778 e. The number of aliphatic hydroxyl groups is 2. The summed E-state index contributed by atoms with van der Waals surface area (Å²) < 4.78 is 0. The summed E-state index contributed by atoms with van der Waals surface area (Å²) in [6.45, 7) is 3.71. The van der Waals surface area contributed by atoms with Gasteiger partial charge in [0.25, 0.3) is 0 Å². The van der Waals surface area contributed by atoms with Crippen LogP contribution in [0.25, 0.3) is 0 Å². The highest BCUT2D eigenvalue weighted by Crippen LogP contribution is 2.25. The average molecular weight is 128 g/mol. The van der Waals surface area contributed by atoms with Crippen molar-refractivity contribution in [2.24, 2.45) is 0 Å². The molecule has 0 spiro atoms. The minimum absolute atomic E-state index is 0.403. The summed E-state index contributed by atoms with van der Waals surface area (Å²) in [5.41, 5.74) is 1.87. The third kappa shape index (κ3) is 1.00. The van der Waals surface area contributed by atoms with Gasteiger partial charge in [-0.05, 0) is 25.0 Å². The molecule has 2 nitrogen and oxygen atoms in total. The molecule has 0 bridgehead atoms. The summed E-state index contributed by atoms with van der Waals surface area (Å²) >= 11 is 0. The molecule has 0 saturated heterocycles. The molecule has 2 heteroatoms. The van der Waals surface area contributed by atoms with E-state index in [2.05, 4.69) is 0 Å². The van der Waals surface area contributed by atoms with E-state index in [0.29, 0.717) is 6.42 Å². The fraction of sp³-hybridized carbons (Fsp3) is 0.714. The van der Waals surface area contributed by atoms with E-state index in [1.54, 1.807) is 0 Å². The van der Waals surface area contributed by atoms with Crippen molar-refractivity contribution in [3.63, 3.8) is 0 Å². The maximum absolute atomic E-state index is 9.12. The van der Waals surface area contributed by atoms with Crippen LogP contribution in [0.5, 0.6) is 0 Å². The van der Waals surface area contributed by atoms with Gasteiger partial charge in [0.15, 0.2) is 0 Å². The number of hydrogen-bond donors (Lipinski definition) is 2. The summed E-state index contributed by atoms with van der Waals surface area (Å²) in [5, 5.41) is 18.2. The van der Waals surface area contributed by atoms with Gasteiger partial charge in [-0.2, -0.15) is 0 Å². The van der Waals surface area contributed by atoms with Crippen molar-refractivity contribution >= 4 is 0 Å². The first-order chi connectivity index (χ1) is 4.13. The molecule has 52 valence electrons. The average Bonchev–Trinajstić information content (AvgIpc) is 1.98. The van der Waals surface area contributed by atoms with E-state index in [4.69, 9.17) is 10.2 Å². The van der Waals surface area contributed by atoms with Gasteiger partial charge in [0, 0.05) is 6.42 Å². The topological polar surface area (TPSA) is 40.5 Å². The van der Waals surface area contributed by atoms with Gasteiger partial charge in [0.1, 0.15) is 0 Å². The lowest BCUT2D eigenvalue weighted by Crippen LogP contribution is -2.07. The molecule has 0 heterocycles. The van der Waals surface area contributed by atoms with Gasteiger partial charge in [-0.3, -0.25) is 0 Å². The summed E-state index contributed by atoms with van der Waals surface area (Å²) in [7, 11) is 0. The zero-order valence-corrected chi connectivity index (χ0v) is 5.76. The van der Waals surface area contributed by atoms with Gasteiger partial charge in [-0.1, -0.05) is 0 Å². The van der Waals surface area contributed by atoms with Crippen molar-refractivity contribution in [2.45, 2.75) is 32.5 Å². The smallest absolute Gasteiger partial charge is 0.0778 e. The predicted octanol–water partition coefficient (Wildman–Crippen LogP) is 0.448. The minimum Gasteiger partial charge on any atom is -0.389 e. The van der Waals surface area contributed by atoms with Crippen molar-refractivity contribution < 1.29 is 10.2 Å². The molecule has 0 radical (unpaired) electrons. The van der Waals surface area contributed by atoms with E-state index in [-0.39, 0.29) is 0 Å². The molecular weight excluding hydrogens is 116 g/mol. The normalized spacial score (nSPS) is 36.0. The molecule has 0 amide bonds. The van der Waals surface area contributed by atoms with Crippen LogP contribution in [-0.2, 0) is 0 Å². The van der Waals surface area contributed by atoms with Gasteiger partial charge >= 0.3 is 0 Å². The number of aliphatic hydroxyl groups excluding tert-OH is 2. The Balaban J connectivity index is 2.79. The molecule has 2 atom stereocenters. The van der Waals surface area contributed by atoms with Crippen LogP contribution in [0.1, 0.15) is 20.3 Å². The molecule has 0 saturated carbocycles.